The van der Waals surface area contributed by atoms with Gasteiger partial charge in [-0.2, -0.15) is 11.8 Å². The van der Waals surface area contributed by atoms with Crippen molar-refractivity contribution < 1.29 is 14.6 Å². The summed E-state index contributed by atoms with van der Waals surface area (Å²) in [5.41, 5.74) is 0. The highest BCUT2D eigenvalue weighted by molar-refractivity contribution is 8.00. The maximum absolute atomic E-state index is 9.80. The summed E-state index contributed by atoms with van der Waals surface area (Å²) in [5.74, 6) is 0. The molecule has 4 nitrogen and oxygen atoms in total. The first-order valence-corrected chi connectivity index (χ1v) is 8.54. The highest BCUT2D eigenvalue weighted by atomic mass is 32.2. The standard InChI is InChI=1S/C14H29NO3S/c1-3-17-8-9-18-11-13(16)10-15-12-14(19-2)6-4-5-7-14/h13,15-16H,3-12H2,1-2H3. The molecule has 1 aliphatic rings. The lowest BCUT2D eigenvalue weighted by molar-refractivity contribution is 0.00642. The Hall–Kier alpha value is 0.190. The van der Waals surface area contributed by atoms with E-state index in [1.165, 1.54) is 25.7 Å². The van der Waals surface area contributed by atoms with Gasteiger partial charge in [0.25, 0.3) is 0 Å². The quantitative estimate of drug-likeness (QED) is 0.567. The summed E-state index contributed by atoms with van der Waals surface area (Å²) in [6.45, 7) is 5.81. The molecule has 1 aliphatic carbocycles. The predicted molar refractivity (Wildman–Crippen MR) is 80.9 cm³/mol. The summed E-state index contributed by atoms with van der Waals surface area (Å²) in [6.07, 6.45) is 7.03. The van der Waals surface area contributed by atoms with E-state index in [1.54, 1.807) is 0 Å². The molecular weight excluding hydrogens is 262 g/mol. The summed E-state index contributed by atoms with van der Waals surface area (Å²) >= 11 is 1.97. The average molecular weight is 291 g/mol. The minimum absolute atomic E-state index is 0.381. The second-order valence-electron chi connectivity index (χ2n) is 5.15. The lowest BCUT2D eigenvalue weighted by atomic mass is 10.1. The van der Waals surface area contributed by atoms with Crippen molar-refractivity contribution in [3.05, 3.63) is 0 Å². The van der Waals surface area contributed by atoms with Gasteiger partial charge in [0.2, 0.25) is 0 Å². The van der Waals surface area contributed by atoms with Crippen molar-refractivity contribution in [2.24, 2.45) is 0 Å². The number of hydrogen-bond acceptors (Lipinski definition) is 5. The molecule has 1 atom stereocenters. The van der Waals surface area contributed by atoms with Gasteiger partial charge in [-0.05, 0) is 26.0 Å². The summed E-state index contributed by atoms with van der Waals surface area (Å²) in [7, 11) is 0. The van der Waals surface area contributed by atoms with E-state index in [4.69, 9.17) is 9.47 Å². The summed E-state index contributed by atoms with van der Waals surface area (Å²) in [4.78, 5) is 0. The fourth-order valence-electron chi connectivity index (χ4n) is 2.48. The summed E-state index contributed by atoms with van der Waals surface area (Å²) < 4.78 is 10.9. The van der Waals surface area contributed by atoms with Crippen LogP contribution in [-0.4, -0.2) is 61.7 Å². The zero-order chi connectivity index (χ0) is 14.0. The second-order valence-corrected chi connectivity index (χ2v) is 6.43. The van der Waals surface area contributed by atoms with E-state index in [2.05, 4.69) is 11.6 Å². The molecule has 5 heteroatoms. The summed E-state index contributed by atoms with van der Waals surface area (Å²) in [6, 6.07) is 0. The number of ether oxygens (including phenoxy) is 2. The molecule has 0 bridgehead atoms. The molecule has 2 N–H and O–H groups in total. The molecule has 0 heterocycles. The van der Waals surface area contributed by atoms with Crippen molar-refractivity contribution in [3.63, 3.8) is 0 Å². The normalized spacial score (nSPS) is 19.7. The molecule has 1 unspecified atom stereocenters. The van der Waals surface area contributed by atoms with Gasteiger partial charge >= 0.3 is 0 Å². The number of aliphatic hydroxyl groups excluding tert-OH is 1. The lowest BCUT2D eigenvalue weighted by Crippen LogP contribution is -2.40. The number of thioether (sulfide) groups is 1. The van der Waals surface area contributed by atoms with Gasteiger partial charge in [0.1, 0.15) is 0 Å². The number of aliphatic hydroxyl groups is 1. The third-order valence-electron chi connectivity index (χ3n) is 3.66. The first kappa shape index (κ1) is 17.2. The monoisotopic (exact) mass is 291 g/mol. The van der Waals surface area contributed by atoms with Crippen molar-refractivity contribution in [2.75, 3.05) is 45.8 Å². The van der Waals surface area contributed by atoms with Gasteiger partial charge in [0, 0.05) is 24.4 Å². The van der Waals surface area contributed by atoms with Crippen molar-refractivity contribution in [1.29, 1.82) is 0 Å². The van der Waals surface area contributed by atoms with E-state index in [0.717, 1.165) is 6.54 Å². The van der Waals surface area contributed by atoms with Crippen LogP contribution in [0, 0.1) is 0 Å². The maximum atomic E-state index is 9.80. The van der Waals surface area contributed by atoms with Gasteiger partial charge in [0.15, 0.2) is 0 Å². The predicted octanol–water partition coefficient (Wildman–Crippen LogP) is 1.67. The molecule has 1 fully saturated rings. The Bertz CT molecular complexity index is 223. The van der Waals surface area contributed by atoms with E-state index < -0.39 is 6.10 Å². The minimum atomic E-state index is -0.429. The van der Waals surface area contributed by atoms with E-state index in [9.17, 15) is 5.11 Å². The first-order chi connectivity index (χ1) is 9.22. The second kappa shape index (κ2) is 10.00. The molecule has 0 aromatic heterocycles. The Morgan fingerprint density at radius 2 is 1.95 bits per heavy atom. The van der Waals surface area contributed by atoms with E-state index in [0.29, 0.717) is 37.7 Å². The van der Waals surface area contributed by atoms with Gasteiger partial charge in [-0.25, -0.2) is 0 Å². The molecule has 0 aromatic rings. The van der Waals surface area contributed by atoms with Crippen LogP contribution in [0.1, 0.15) is 32.6 Å². The third-order valence-corrected chi connectivity index (χ3v) is 5.08. The molecule has 0 saturated heterocycles. The van der Waals surface area contributed by atoms with Gasteiger partial charge in [-0.3, -0.25) is 0 Å². The van der Waals surface area contributed by atoms with E-state index in [-0.39, 0.29) is 0 Å². The van der Waals surface area contributed by atoms with Gasteiger partial charge in [0.05, 0.1) is 25.9 Å². The number of hydrogen-bond donors (Lipinski definition) is 2. The molecule has 0 radical (unpaired) electrons. The van der Waals surface area contributed by atoms with Crippen molar-refractivity contribution in [2.45, 2.75) is 43.5 Å². The van der Waals surface area contributed by atoms with Gasteiger partial charge in [-0.15, -0.1) is 0 Å². The Balaban J connectivity index is 2.01. The largest absolute Gasteiger partial charge is 0.389 e. The van der Waals surface area contributed by atoms with Crippen LogP contribution in [0.4, 0.5) is 0 Å². The Morgan fingerprint density at radius 1 is 1.26 bits per heavy atom. The third kappa shape index (κ3) is 6.95. The lowest BCUT2D eigenvalue weighted by Gasteiger charge is -2.27. The molecule has 1 saturated carbocycles. The minimum Gasteiger partial charge on any atom is -0.389 e. The Kier molecular flexibility index (Phi) is 9.07. The fraction of sp³-hybridized carbons (Fsp3) is 1.00. The molecule has 114 valence electrons. The topological polar surface area (TPSA) is 50.7 Å². The zero-order valence-electron chi connectivity index (χ0n) is 12.3. The average Bonchev–Trinajstić information content (AvgIpc) is 2.88. The zero-order valence-corrected chi connectivity index (χ0v) is 13.1. The van der Waals surface area contributed by atoms with E-state index in [1.807, 2.05) is 18.7 Å². The van der Waals surface area contributed by atoms with Crippen LogP contribution in [0.25, 0.3) is 0 Å². The Morgan fingerprint density at radius 3 is 2.58 bits per heavy atom. The number of nitrogens with one attached hydrogen (secondary N) is 1. The Labute approximate surface area is 121 Å². The van der Waals surface area contributed by atoms with Crippen molar-refractivity contribution in [1.82, 2.24) is 5.32 Å². The van der Waals surface area contributed by atoms with Crippen LogP contribution in [0.15, 0.2) is 0 Å². The van der Waals surface area contributed by atoms with Crippen LogP contribution < -0.4 is 5.32 Å². The molecule has 0 aromatic carbocycles. The molecule has 0 aliphatic heterocycles. The highest BCUT2D eigenvalue weighted by Crippen LogP contribution is 2.39. The van der Waals surface area contributed by atoms with Gasteiger partial charge < -0.3 is 19.9 Å². The summed E-state index contributed by atoms with van der Waals surface area (Å²) in [5, 5.41) is 13.2. The van der Waals surface area contributed by atoms with Crippen LogP contribution in [-0.2, 0) is 9.47 Å². The van der Waals surface area contributed by atoms with Gasteiger partial charge in [-0.1, -0.05) is 12.8 Å². The van der Waals surface area contributed by atoms with Crippen LogP contribution in [0.3, 0.4) is 0 Å². The molecule has 19 heavy (non-hydrogen) atoms. The smallest absolute Gasteiger partial charge is 0.0897 e. The van der Waals surface area contributed by atoms with Crippen LogP contribution >= 0.6 is 11.8 Å². The molecule has 1 rings (SSSR count). The fourth-order valence-corrected chi connectivity index (χ4v) is 3.42. The van der Waals surface area contributed by atoms with Crippen LogP contribution in [0.5, 0.6) is 0 Å². The number of rotatable bonds is 11. The first-order valence-electron chi connectivity index (χ1n) is 7.32. The highest BCUT2D eigenvalue weighted by Gasteiger charge is 2.32. The SMILES string of the molecule is CCOCCOCC(O)CNCC1(SC)CCCC1. The van der Waals surface area contributed by atoms with Crippen molar-refractivity contribution in [3.8, 4) is 0 Å². The van der Waals surface area contributed by atoms with E-state index >= 15 is 0 Å². The molecular formula is C14H29NO3S. The van der Waals surface area contributed by atoms with Crippen LogP contribution in [0.2, 0.25) is 0 Å². The van der Waals surface area contributed by atoms with Crippen molar-refractivity contribution >= 4 is 11.8 Å². The molecule has 0 spiro atoms. The molecule has 0 amide bonds. The maximum Gasteiger partial charge on any atom is 0.0897 e.